The van der Waals surface area contributed by atoms with Crippen LogP contribution < -0.4 is 20.1 Å². The van der Waals surface area contributed by atoms with Crippen LogP contribution in [0, 0.1) is 0 Å². The number of nitrogens with zero attached hydrogens (tertiary/aromatic N) is 2. The van der Waals surface area contributed by atoms with Crippen LogP contribution >= 0.6 is 0 Å². The maximum absolute atomic E-state index is 11.9. The van der Waals surface area contributed by atoms with Crippen LogP contribution in [-0.4, -0.2) is 70.9 Å². The zero-order valence-corrected chi connectivity index (χ0v) is 16.6. The first kappa shape index (κ1) is 20.8. The Morgan fingerprint density at radius 1 is 1.30 bits per heavy atom. The number of ether oxygens (including phenoxy) is 3. The Morgan fingerprint density at radius 2 is 2.11 bits per heavy atom. The molecule has 1 aliphatic rings. The number of nitrogens with one attached hydrogen (secondary N) is 2. The van der Waals surface area contributed by atoms with Gasteiger partial charge in [0.05, 0.1) is 33.4 Å². The molecule has 1 amide bonds. The summed E-state index contributed by atoms with van der Waals surface area (Å²) >= 11 is 0. The molecule has 1 aliphatic heterocycles. The fourth-order valence-electron chi connectivity index (χ4n) is 2.65. The fourth-order valence-corrected chi connectivity index (χ4v) is 2.65. The Bertz CT molecular complexity index is 643. The van der Waals surface area contributed by atoms with Crippen molar-refractivity contribution < 1.29 is 19.0 Å². The lowest BCUT2D eigenvalue weighted by Gasteiger charge is -2.17. The molecule has 8 nitrogen and oxygen atoms in total. The Labute approximate surface area is 160 Å². The number of amides is 1. The van der Waals surface area contributed by atoms with Crippen molar-refractivity contribution in [2.75, 3.05) is 48.0 Å². The average Bonchev–Trinajstić information content (AvgIpc) is 3.20. The first-order valence-corrected chi connectivity index (χ1v) is 9.08. The van der Waals surface area contributed by atoms with E-state index >= 15 is 0 Å². The number of hydrogen-bond donors (Lipinski definition) is 2. The van der Waals surface area contributed by atoms with Gasteiger partial charge in [-0.25, -0.2) is 4.99 Å². The van der Waals surface area contributed by atoms with E-state index in [0.717, 1.165) is 30.8 Å². The summed E-state index contributed by atoms with van der Waals surface area (Å²) in [5.41, 5.74) is 0.926. The van der Waals surface area contributed by atoms with Gasteiger partial charge in [0.25, 0.3) is 0 Å². The second kappa shape index (κ2) is 10.6. The van der Waals surface area contributed by atoms with Crippen LogP contribution in [0.3, 0.4) is 0 Å². The predicted octanol–water partition coefficient (Wildman–Crippen LogP) is 1.01. The summed E-state index contributed by atoms with van der Waals surface area (Å²) in [6.07, 6.45) is 2.29. The molecule has 1 unspecified atom stereocenters. The van der Waals surface area contributed by atoms with Crippen LogP contribution in [0.1, 0.15) is 18.4 Å². The van der Waals surface area contributed by atoms with Gasteiger partial charge in [-0.1, -0.05) is 0 Å². The standard InChI is InChI=1S/C19H30N4O4/c1-23(2)18(24)13-22-19(21-12-16-6-5-9-27-16)20-11-14-7-8-15(25-3)10-17(14)26-4/h7-8,10,16H,5-6,9,11-13H2,1-4H3,(H2,20,21,22). The van der Waals surface area contributed by atoms with E-state index in [-0.39, 0.29) is 18.6 Å². The molecule has 0 aliphatic carbocycles. The summed E-state index contributed by atoms with van der Waals surface area (Å²) in [7, 11) is 6.68. The maximum Gasteiger partial charge on any atom is 0.241 e. The predicted molar refractivity (Wildman–Crippen MR) is 104 cm³/mol. The highest BCUT2D eigenvalue weighted by molar-refractivity contribution is 5.86. The highest BCUT2D eigenvalue weighted by Crippen LogP contribution is 2.25. The lowest BCUT2D eigenvalue weighted by atomic mass is 10.2. The van der Waals surface area contributed by atoms with Gasteiger partial charge in [-0.3, -0.25) is 4.79 Å². The van der Waals surface area contributed by atoms with Gasteiger partial charge in [0, 0.05) is 38.9 Å². The number of guanidine groups is 1. The van der Waals surface area contributed by atoms with E-state index in [2.05, 4.69) is 15.6 Å². The molecule has 0 saturated carbocycles. The second-order valence-electron chi connectivity index (χ2n) is 6.50. The summed E-state index contributed by atoms with van der Waals surface area (Å²) in [4.78, 5) is 18.0. The van der Waals surface area contributed by atoms with Crippen molar-refractivity contribution in [2.45, 2.75) is 25.5 Å². The van der Waals surface area contributed by atoms with Gasteiger partial charge < -0.3 is 29.7 Å². The number of benzene rings is 1. The third-order valence-corrected chi connectivity index (χ3v) is 4.33. The van der Waals surface area contributed by atoms with Crippen molar-refractivity contribution in [2.24, 2.45) is 4.99 Å². The number of hydrogen-bond acceptors (Lipinski definition) is 5. The maximum atomic E-state index is 11.9. The zero-order valence-electron chi connectivity index (χ0n) is 16.6. The van der Waals surface area contributed by atoms with Crippen LogP contribution in [0.15, 0.2) is 23.2 Å². The topological polar surface area (TPSA) is 84.4 Å². The van der Waals surface area contributed by atoms with Crippen molar-refractivity contribution >= 4 is 11.9 Å². The van der Waals surface area contributed by atoms with Gasteiger partial charge in [0.1, 0.15) is 11.5 Å². The van der Waals surface area contributed by atoms with Crippen molar-refractivity contribution in [1.29, 1.82) is 0 Å². The number of carbonyl (C=O) groups excluding carboxylic acids is 1. The molecule has 1 heterocycles. The van der Waals surface area contributed by atoms with Gasteiger partial charge in [-0.2, -0.15) is 0 Å². The Kier molecular flexibility index (Phi) is 8.19. The molecule has 27 heavy (non-hydrogen) atoms. The van der Waals surface area contributed by atoms with Crippen molar-refractivity contribution in [1.82, 2.24) is 15.5 Å². The minimum Gasteiger partial charge on any atom is -0.497 e. The van der Waals surface area contributed by atoms with Gasteiger partial charge in [0.15, 0.2) is 5.96 Å². The molecule has 1 fully saturated rings. The molecule has 1 atom stereocenters. The minimum atomic E-state index is -0.0244. The average molecular weight is 378 g/mol. The van der Waals surface area contributed by atoms with Crippen LogP contribution in [0.5, 0.6) is 11.5 Å². The van der Waals surface area contributed by atoms with Crippen LogP contribution in [-0.2, 0) is 16.1 Å². The van der Waals surface area contributed by atoms with Gasteiger partial charge in [-0.15, -0.1) is 0 Å². The molecule has 2 rings (SSSR count). The molecular formula is C19H30N4O4. The SMILES string of the molecule is COc1ccc(CN=C(NCC(=O)N(C)C)NCC2CCCO2)c(OC)c1. The monoisotopic (exact) mass is 378 g/mol. The molecule has 8 heteroatoms. The molecule has 150 valence electrons. The van der Waals surface area contributed by atoms with E-state index in [4.69, 9.17) is 14.2 Å². The number of likely N-dealkylation sites (N-methyl/N-ethyl adjacent to an activating group) is 1. The van der Waals surface area contributed by atoms with Crippen LogP contribution in [0.4, 0.5) is 0 Å². The lowest BCUT2D eigenvalue weighted by molar-refractivity contribution is -0.127. The summed E-state index contributed by atoms with van der Waals surface area (Å²) in [5, 5.41) is 6.35. The molecule has 0 spiro atoms. The van der Waals surface area contributed by atoms with Gasteiger partial charge in [-0.05, 0) is 25.0 Å². The van der Waals surface area contributed by atoms with Crippen molar-refractivity contribution in [3.63, 3.8) is 0 Å². The Hall–Kier alpha value is -2.48. The fraction of sp³-hybridized carbons (Fsp3) is 0.579. The van der Waals surface area contributed by atoms with Crippen molar-refractivity contribution in [3.05, 3.63) is 23.8 Å². The highest BCUT2D eigenvalue weighted by Gasteiger charge is 2.16. The molecule has 2 N–H and O–H groups in total. The molecule has 1 aromatic rings. The summed E-state index contributed by atoms with van der Waals surface area (Å²) < 4.78 is 16.3. The molecule has 0 aromatic heterocycles. The van der Waals surface area contributed by atoms with Gasteiger partial charge >= 0.3 is 0 Å². The summed E-state index contributed by atoms with van der Waals surface area (Å²) in [5.74, 6) is 1.98. The van der Waals surface area contributed by atoms with E-state index in [9.17, 15) is 4.79 Å². The molecule has 1 saturated heterocycles. The third-order valence-electron chi connectivity index (χ3n) is 4.33. The number of rotatable bonds is 8. The molecular weight excluding hydrogens is 348 g/mol. The largest absolute Gasteiger partial charge is 0.497 e. The van der Waals surface area contributed by atoms with Crippen LogP contribution in [0.2, 0.25) is 0 Å². The molecule has 0 bridgehead atoms. The van der Waals surface area contributed by atoms with E-state index in [1.165, 1.54) is 4.90 Å². The lowest BCUT2D eigenvalue weighted by Crippen LogP contribution is -2.45. The second-order valence-corrected chi connectivity index (χ2v) is 6.50. The first-order chi connectivity index (χ1) is 13.0. The van der Waals surface area contributed by atoms with Crippen LogP contribution in [0.25, 0.3) is 0 Å². The Morgan fingerprint density at radius 3 is 2.74 bits per heavy atom. The quantitative estimate of drug-likeness (QED) is 0.519. The third kappa shape index (κ3) is 6.63. The number of aliphatic imine (C=N–C) groups is 1. The minimum absolute atomic E-state index is 0.0244. The molecule has 0 radical (unpaired) electrons. The number of carbonyl (C=O) groups is 1. The summed E-state index contributed by atoms with van der Waals surface area (Å²) in [6.45, 7) is 2.03. The van der Waals surface area contributed by atoms with Crippen molar-refractivity contribution in [3.8, 4) is 11.5 Å². The van der Waals surface area contributed by atoms with E-state index in [1.807, 2.05) is 18.2 Å². The number of methoxy groups -OCH3 is 2. The Balaban J connectivity index is 2.04. The summed E-state index contributed by atoms with van der Waals surface area (Å²) in [6, 6.07) is 5.62. The normalized spacial score (nSPS) is 16.7. The van der Waals surface area contributed by atoms with E-state index < -0.39 is 0 Å². The van der Waals surface area contributed by atoms with E-state index in [1.54, 1.807) is 28.3 Å². The first-order valence-electron chi connectivity index (χ1n) is 9.08. The zero-order chi connectivity index (χ0) is 19.6. The van der Waals surface area contributed by atoms with E-state index in [0.29, 0.717) is 24.8 Å². The molecule has 1 aromatic carbocycles. The van der Waals surface area contributed by atoms with Gasteiger partial charge in [0.2, 0.25) is 5.91 Å². The smallest absolute Gasteiger partial charge is 0.241 e. The highest BCUT2D eigenvalue weighted by atomic mass is 16.5.